The highest BCUT2D eigenvalue weighted by atomic mass is 32.1. The minimum Gasteiger partial charge on any atom is -0.477 e. The quantitative estimate of drug-likeness (QED) is 0.861. The third kappa shape index (κ3) is 2.14. The molecule has 0 bridgehead atoms. The number of carbonyl (C=O) groups is 1. The Bertz CT molecular complexity index is 592. The van der Waals surface area contributed by atoms with Gasteiger partial charge in [0.15, 0.2) is 0 Å². The second-order valence-corrected chi connectivity index (χ2v) is 4.72. The Kier molecular flexibility index (Phi) is 2.85. The van der Waals surface area contributed by atoms with Gasteiger partial charge in [0.2, 0.25) is 0 Å². The zero-order chi connectivity index (χ0) is 12.6. The number of nitrogen functional groups attached to an aromatic ring is 1. The maximum Gasteiger partial charge on any atom is 0.348 e. The molecule has 0 amide bonds. The highest BCUT2D eigenvalue weighted by Crippen LogP contribution is 2.33. The van der Waals surface area contributed by atoms with Crippen LogP contribution in [0.2, 0.25) is 0 Å². The molecule has 1 heterocycles. The first-order chi connectivity index (χ1) is 7.99. The van der Waals surface area contributed by atoms with Crippen LogP contribution in [0.3, 0.4) is 0 Å². The number of hydrogen-bond acceptors (Lipinski definition) is 3. The van der Waals surface area contributed by atoms with Crippen molar-refractivity contribution in [3.63, 3.8) is 0 Å². The first-order valence-electron chi connectivity index (χ1n) is 4.88. The number of halogens is 1. The summed E-state index contributed by atoms with van der Waals surface area (Å²) in [6.45, 7) is 1.67. The summed E-state index contributed by atoms with van der Waals surface area (Å²) in [5.41, 5.74) is 6.98. The fourth-order valence-corrected chi connectivity index (χ4v) is 2.38. The topological polar surface area (TPSA) is 63.3 Å². The number of aromatic carboxylic acids is 1. The van der Waals surface area contributed by atoms with E-state index >= 15 is 0 Å². The van der Waals surface area contributed by atoms with Gasteiger partial charge in [-0.25, -0.2) is 9.18 Å². The lowest BCUT2D eigenvalue weighted by Crippen LogP contribution is -1.96. The molecule has 2 aromatic rings. The number of carboxylic acids is 1. The number of hydrogen-bond donors (Lipinski definition) is 2. The van der Waals surface area contributed by atoms with Crippen molar-refractivity contribution >= 4 is 23.0 Å². The minimum absolute atomic E-state index is 0.0842. The first kappa shape index (κ1) is 11.6. The zero-order valence-corrected chi connectivity index (χ0v) is 9.84. The average Bonchev–Trinajstić information content (AvgIpc) is 2.64. The van der Waals surface area contributed by atoms with Crippen LogP contribution < -0.4 is 5.73 Å². The molecule has 0 saturated carbocycles. The van der Waals surface area contributed by atoms with Gasteiger partial charge in [0.1, 0.15) is 10.7 Å². The minimum atomic E-state index is -1.06. The van der Waals surface area contributed by atoms with Crippen LogP contribution in [0, 0.1) is 12.7 Å². The Morgan fingerprint density at radius 3 is 2.65 bits per heavy atom. The monoisotopic (exact) mass is 251 g/mol. The largest absolute Gasteiger partial charge is 0.477 e. The van der Waals surface area contributed by atoms with Crippen LogP contribution >= 0.6 is 11.3 Å². The van der Waals surface area contributed by atoms with E-state index in [1.54, 1.807) is 25.1 Å². The van der Waals surface area contributed by atoms with E-state index in [-0.39, 0.29) is 16.4 Å². The molecule has 0 saturated heterocycles. The van der Waals surface area contributed by atoms with Gasteiger partial charge in [0.05, 0.1) is 5.69 Å². The Morgan fingerprint density at radius 1 is 1.41 bits per heavy atom. The van der Waals surface area contributed by atoms with E-state index < -0.39 is 5.97 Å². The number of nitrogens with two attached hydrogens (primary N) is 1. The molecule has 1 aromatic heterocycles. The van der Waals surface area contributed by atoms with Crippen LogP contribution in [-0.2, 0) is 0 Å². The number of anilines is 1. The van der Waals surface area contributed by atoms with E-state index in [9.17, 15) is 9.18 Å². The standard InChI is InChI=1S/C12H10FNO2S/c1-6-2-3-7(4-8(6)13)10-5-9(14)11(17-10)12(15)16/h2-5H,14H2,1H3,(H,15,16). The predicted octanol–water partition coefficient (Wildman–Crippen LogP) is 3.14. The van der Waals surface area contributed by atoms with E-state index in [0.717, 1.165) is 11.3 Å². The lowest BCUT2D eigenvalue weighted by Gasteiger charge is -1.99. The molecule has 0 aliphatic carbocycles. The fourth-order valence-electron chi connectivity index (χ4n) is 1.46. The van der Waals surface area contributed by atoms with Crippen molar-refractivity contribution in [3.05, 3.63) is 40.5 Å². The number of thiophene rings is 1. The lowest BCUT2D eigenvalue weighted by molar-refractivity contribution is 0.0703. The molecule has 0 fully saturated rings. The number of aryl methyl sites for hydroxylation is 1. The van der Waals surface area contributed by atoms with Gasteiger partial charge in [-0.1, -0.05) is 12.1 Å². The highest BCUT2D eigenvalue weighted by Gasteiger charge is 2.14. The van der Waals surface area contributed by atoms with Crippen molar-refractivity contribution in [2.45, 2.75) is 6.92 Å². The fraction of sp³-hybridized carbons (Fsp3) is 0.0833. The molecule has 17 heavy (non-hydrogen) atoms. The van der Waals surface area contributed by atoms with Crippen molar-refractivity contribution in [1.29, 1.82) is 0 Å². The molecule has 3 nitrogen and oxygen atoms in total. The molecular formula is C12H10FNO2S. The van der Waals surface area contributed by atoms with Gasteiger partial charge in [-0.15, -0.1) is 11.3 Å². The second-order valence-electron chi connectivity index (χ2n) is 3.66. The zero-order valence-electron chi connectivity index (χ0n) is 9.03. The van der Waals surface area contributed by atoms with Gasteiger partial charge in [-0.3, -0.25) is 0 Å². The van der Waals surface area contributed by atoms with E-state index in [2.05, 4.69) is 0 Å². The normalized spacial score (nSPS) is 10.5. The summed E-state index contributed by atoms with van der Waals surface area (Å²) in [6, 6.07) is 6.33. The summed E-state index contributed by atoms with van der Waals surface area (Å²) in [5, 5.41) is 8.88. The van der Waals surface area contributed by atoms with Crippen LogP contribution in [0.25, 0.3) is 10.4 Å². The van der Waals surface area contributed by atoms with Crippen molar-refractivity contribution < 1.29 is 14.3 Å². The summed E-state index contributed by atoms with van der Waals surface area (Å²) in [4.78, 5) is 11.6. The van der Waals surface area contributed by atoms with E-state index in [1.165, 1.54) is 6.07 Å². The van der Waals surface area contributed by atoms with E-state index in [4.69, 9.17) is 10.8 Å². The molecule has 0 atom stereocenters. The molecule has 1 aromatic carbocycles. The van der Waals surface area contributed by atoms with Gasteiger partial charge >= 0.3 is 5.97 Å². The first-order valence-corrected chi connectivity index (χ1v) is 5.70. The van der Waals surface area contributed by atoms with Crippen LogP contribution in [-0.4, -0.2) is 11.1 Å². The van der Waals surface area contributed by atoms with Gasteiger partial charge in [0, 0.05) is 4.88 Å². The third-order valence-electron chi connectivity index (χ3n) is 2.41. The van der Waals surface area contributed by atoms with Crippen molar-refractivity contribution in [1.82, 2.24) is 0 Å². The summed E-state index contributed by atoms with van der Waals surface area (Å²) >= 11 is 1.04. The van der Waals surface area contributed by atoms with Crippen molar-refractivity contribution in [2.75, 3.05) is 5.73 Å². The molecule has 0 aliphatic rings. The molecule has 5 heteroatoms. The lowest BCUT2D eigenvalue weighted by atomic mass is 10.1. The predicted molar refractivity (Wildman–Crippen MR) is 65.8 cm³/mol. The van der Waals surface area contributed by atoms with E-state index in [0.29, 0.717) is 16.0 Å². The smallest absolute Gasteiger partial charge is 0.348 e. The van der Waals surface area contributed by atoms with Crippen LogP contribution in [0.5, 0.6) is 0 Å². The molecule has 0 radical (unpaired) electrons. The Balaban J connectivity index is 2.50. The maximum atomic E-state index is 13.4. The second kappa shape index (κ2) is 4.18. The number of benzene rings is 1. The average molecular weight is 251 g/mol. The van der Waals surface area contributed by atoms with Crippen LogP contribution in [0.4, 0.5) is 10.1 Å². The highest BCUT2D eigenvalue weighted by molar-refractivity contribution is 7.17. The number of carboxylic acid groups (broad SMARTS) is 1. The molecule has 0 spiro atoms. The van der Waals surface area contributed by atoms with Crippen molar-refractivity contribution in [3.8, 4) is 10.4 Å². The maximum absolute atomic E-state index is 13.4. The molecule has 3 N–H and O–H groups in total. The Hall–Kier alpha value is -1.88. The Morgan fingerprint density at radius 2 is 2.12 bits per heavy atom. The van der Waals surface area contributed by atoms with Gasteiger partial charge in [0.25, 0.3) is 0 Å². The van der Waals surface area contributed by atoms with Gasteiger partial charge < -0.3 is 10.8 Å². The third-order valence-corrected chi connectivity index (χ3v) is 3.60. The summed E-state index contributed by atoms with van der Waals surface area (Å²) < 4.78 is 13.4. The van der Waals surface area contributed by atoms with Crippen LogP contribution in [0.1, 0.15) is 15.2 Å². The van der Waals surface area contributed by atoms with Crippen LogP contribution in [0.15, 0.2) is 24.3 Å². The molecule has 0 aliphatic heterocycles. The molecular weight excluding hydrogens is 241 g/mol. The molecule has 0 unspecified atom stereocenters. The molecule has 88 valence electrons. The SMILES string of the molecule is Cc1ccc(-c2cc(N)c(C(=O)O)s2)cc1F. The summed E-state index contributed by atoms with van der Waals surface area (Å²) in [6.07, 6.45) is 0. The summed E-state index contributed by atoms with van der Waals surface area (Å²) in [7, 11) is 0. The van der Waals surface area contributed by atoms with Gasteiger partial charge in [-0.2, -0.15) is 0 Å². The van der Waals surface area contributed by atoms with Gasteiger partial charge in [-0.05, 0) is 30.2 Å². The van der Waals surface area contributed by atoms with Crippen molar-refractivity contribution in [2.24, 2.45) is 0 Å². The Labute approximate surface area is 101 Å². The van der Waals surface area contributed by atoms with E-state index in [1.807, 2.05) is 0 Å². The summed E-state index contributed by atoms with van der Waals surface area (Å²) in [5.74, 6) is -1.38. The number of rotatable bonds is 2. The molecule has 2 rings (SSSR count).